The van der Waals surface area contributed by atoms with Crippen LogP contribution in [0.3, 0.4) is 0 Å². The zero-order chi connectivity index (χ0) is 14.0. The molecule has 7 heteroatoms. The Balaban J connectivity index is 2.27. The second-order valence-corrected chi connectivity index (χ2v) is 3.90. The van der Waals surface area contributed by atoms with E-state index in [1.54, 1.807) is 17.9 Å². The largest absolute Gasteiger partial charge is 0.573 e. The topological polar surface area (TPSA) is 53.1 Å². The minimum absolute atomic E-state index is 0.255. The van der Waals surface area contributed by atoms with E-state index in [9.17, 15) is 13.2 Å². The van der Waals surface area contributed by atoms with Crippen LogP contribution in [0.25, 0.3) is 11.1 Å². The molecule has 0 saturated heterocycles. The maximum absolute atomic E-state index is 12.0. The monoisotopic (exact) mass is 271 g/mol. The molecular formula is C12H12F3N3O. The van der Waals surface area contributed by atoms with Crippen molar-refractivity contribution in [2.75, 3.05) is 0 Å². The van der Waals surface area contributed by atoms with Crippen molar-refractivity contribution in [3.63, 3.8) is 0 Å². The van der Waals surface area contributed by atoms with Crippen molar-refractivity contribution in [1.82, 2.24) is 9.78 Å². The van der Waals surface area contributed by atoms with Crippen LogP contribution in [0.5, 0.6) is 5.75 Å². The van der Waals surface area contributed by atoms with Gasteiger partial charge in [-0.05, 0) is 17.7 Å². The lowest BCUT2D eigenvalue weighted by molar-refractivity contribution is -0.274. The van der Waals surface area contributed by atoms with Crippen LogP contribution in [-0.4, -0.2) is 16.1 Å². The Morgan fingerprint density at radius 2 is 1.89 bits per heavy atom. The van der Waals surface area contributed by atoms with Gasteiger partial charge in [-0.3, -0.25) is 4.68 Å². The first-order valence-electron chi connectivity index (χ1n) is 5.48. The molecule has 0 unspecified atom stereocenters. The van der Waals surface area contributed by atoms with E-state index < -0.39 is 6.36 Å². The van der Waals surface area contributed by atoms with E-state index in [0.29, 0.717) is 6.54 Å². The fourth-order valence-corrected chi connectivity index (χ4v) is 1.78. The van der Waals surface area contributed by atoms with Crippen molar-refractivity contribution in [1.29, 1.82) is 0 Å². The number of hydrogen-bond donors (Lipinski definition) is 1. The molecule has 0 amide bonds. The quantitative estimate of drug-likeness (QED) is 0.932. The van der Waals surface area contributed by atoms with Crippen molar-refractivity contribution < 1.29 is 17.9 Å². The number of ether oxygens (including phenoxy) is 1. The van der Waals surface area contributed by atoms with Crippen LogP contribution in [-0.2, 0) is 13.6 Å². The predicted octanol–water partition coefficient (Wildman–Crippen LogP) is 2.44. The lowest BCUT2D eigenvalue weighted by atomic mass is 10.1. The van der Waals surface area contributed by atoms with E-state index in [2.05, 4.69) is 9.84 Å². The van der Waals surface area contributed by atoms with Crippen LogP contribution in [0.1, 0.15) is 5.69 Å². The maximum Gasteiger partial charge on any atom is 0.573 e. The summed E-state index contributed by atoms with van der Waals surface area (Å²) < 4.78 is 41.5. The first-order chi connectivity index (χ1) is 8.90. The van der Waals surface area contributed by atoms with E-state index in [1.807, 2.05) is 0 Å². The number of rotatable bonds is 3. The van der Waals surface area contributed by atoms with Crippen molar-refractivity contribution in [2.45, 2.75) is 12.9 Å². The van der Waals surface area contributed by atoms with Gasteiger partial charge in [0.25, 0.3) is 0 Å². The van der Waals surface area contributed by atoms with Crippen molar-refractivity contribution in [3.8, 4) is 16.9 Å². The smallest absolute Gasteiger partial charge is 0.406 e. The summed E-state index contributed by atoms with van der Waals surface area (Å²) in [4.78, 5) is 0. The molecule has 19 heavy (non-hydrogen) atoms. The molecular weight excluding hydrogens is 259 g/mol. The Hall–Kier alpha value is -2.02. The van der Waals surface area contributed by atoms with Crippen molar-refractivity contribution >= 4 is 0 Å². The molecule has 0 atom stereocenters. The van der Waals surface area contributed by atoms with Crippen molar-refractivity contribution in [2.24, 2.45) is 12.8 Å². The molecule has 0 saturated carbocycles. The first-order valence-corrected chi connectivity index (χ1v) is 5.48. The standard InChI is InChI=1S/C12H12F3N3O/c1-18-11(6-16)10(7-17-18)8-2-4-9(5-3-8)19-12(13,14)15/h2-5,7H,6,16H2,1H3. The molecule has 0 radical (unpaired) electrons. The number of halogens is 3. The highest BCUT2D eigenvalue weighted by atomic mass is 19.4. The van der Waals surface area contributed by atoms with Crippen molar-refractivity contribution in [3.05, 3.63) is 36.2 Å². The van der Waals surface area contributed by atoms with Gasteiger partial charge in [0.1, 0.15) is 5.75 Å². The summed E-state index contributed by atoms with van der Waals surface area (Å²) >= 11 is 0. The summed E-state index contributed by atoms with van der Waals surface area (Å²) in [5.41, 5.74) is 7.96. The van der Waals surface area contributed by atoms with Gasteiger partial charge in [0, 0.05) is 19.2 Å². The molecule has 0 bridgehead atoms. The molecule has 0 aliphatic carbocycles. The Morgan fingerprint density at radius 3 is 2.42 bits per heavy atom. The number of aryl methyl sites for hydroxylation is 1. The van der Waals surface area contributed by atoms with E-state index in [1.165, 1.54) is 24.3 Å². The summed E-state index contributed by atoms with van der Waals surface area (Å²) in [6, 6.07) is 5.60. The maximum atomic E-state index is 12.0. The molecule has 0 fully saturated rings. The van der Waals surface area contributed by atoms with Gasteiger partial charge >= 0.3 is 6.36 Å². The number of hydrogen-bond acceptors (Lipinski definition) is 3. The van der Waals surface area contributed by atoms with Gasteiger partial charge in [-0.2, -0.15) is 5.10 Å². The third kappa shape index (κ3) is 3.05. The van der Waals surface area contributed by atoms with E-state index in [4.69, 9.17) is 5.73 Å². The predicted molar refractivity (Wildman–Crippen MR) is 63.2 cm³/mol. The summed E-state index contributed by atoms with van der Waals surface area (Å²) in [5, 5.41) is 4.07. The molecule has 0 aliphatic heterocycles. The molecule has 1 heterocycles. The molecule has 2 rings (SSSR count). The van der Waals surface area contributed by atoms with E-state index >= 15 is 0 Å². The first kappa shape index (κ1) is 13.4. The van der Waals surface area contributed by atoms with Gasteiger partial charge in [-0.25, -0.2) is 0 Å². The zero-order valence-electron chi connectivity index (χ0n) is 10.1. The van der Waals surface area contributed by atoms with Crippen LogP contribution in [0, 0.1) is 0 Å². The number of alkyl halides is 3. The second-order valence-electron chi connectivity index (χ2n) is 3.90. The van der Waals surface area contributed by atoms with Crippen LogP contribution >= 0.6 is 0 Å². The SMILES string of the molecule is Cn1ncc(-c2ccc(OC(F)(F)F)cc2)c1CN. The van der Waals surface area contributed by atoms with Crippen LogP contribution in [0.2, 0.25) is 0 Å². The lowest BCUT2D eigenvalue weighted by Crippen LogP contribution is -2.16. The zero-order valence-corrected chi connectivity index (χ0v) is 10.1. The number of nitrogens with zero attached hydrogens (tertiary/aromatic N) is 2. The molecule has 102 valence electrons. The summed E-state index contributed by atoms with van der Waals surface area (Å²) in [6.45, 7) is 0.298. The molecule has 2 aromatic rings. The van der Waals surface area contributed by atoms with Crippen LogP contribution < -0.4 is 10.5 Å². The highest BCUT2D eigenvalue weighted by Gasteiger charge is 2.31. The normalized spacial score (nSPS) is 11.6. The highest BCUT2D eigenvalue weighted by molar-refractivity contribution is 5.66. The Labute approximate surface area is 107 Å². The number of nitrogens with two attached hydrogens (primary N) is 1. The molecule has 0 spiro atoms. The molecule has 0 aliphatic rings. The minimum Gasteiger partial charge on any atom is -0.406 e. The highest BCUT2D eigenvalue weighted by Crippen LogP contribution is 2.27. The number of benzene rings is 1. The average Bonchev–Trinajstić information content (AvgIpc) is 2.69. The Bertz CT molecular complexity index is 561. The van der Waals surface area contributed by atoms with E-state index in [-0.39, 0.29) is 5.75 Å². The van der Waals surface area contributed by atoms with E-state index in [0.717, 1.165) is 16.8 Å². The van der Waals surface area contributed by atoms with Gasteiger partial charge in [0.05, 0.1) is 11.9 Å². The van der Waals surface area contributed by atoms with Gasteiger partial charge in [0.2, 0.25) is 0 Å². The summed E-state index contributed by atoms with van der Waals surface area (Å²) in [7, 11) is 1.76. The summed E-state index contributed by atoms with van der Waals surface area (Å²) in [5.74, 6) is -0.255. The molecule has 4 nitrogen and oxygen atoms in total. The summed E-state index contributed by atoms with van der Waals surface area (Å²) in [6.07, 6.45) is -3.06. The van der Waals surface area contributed by atoms with Gasteiger partial charge in [-0.1, -0.05) is 12.1 Å². The van der Waals surface area contributed by atoms with Crippen LogP contribution in [0.4, 0.5) is 13.2 Å². The third-order valence-electron chi connectivity index (χ3n) is 2.65. The number of aromatic nitrogens is 2. The lowest BCUT2D eigenvalue weighted by Gasteiger charge is -2.09. The third-order valence-corrected chi connectivity index (χ3v) is 2.65. The molecule has 1 aromatic heterocycles. The van der Waals surface area contributed by atoms with Gasteiger partial charge in [0.15, 0.2) is 0 Å². The molecule has 1 aromatic carbocycles. The molecule has 2 N–H and O–H groups in total. The van der Waals surface area contributed by atoms with Gasteiger partial charge in [-0.15, -0.1) is 13.2 Å². The second kappa shape index (κ2) is 4.93. The van der Waals surface area contributed by atoms with Crippen LogP contribution in [0.15, 0.2) is 30.5 Å². The van der Waals surface area contributed by atoms with Gasteiger partial charge < -0.3 is 10.5 Å². The fourth-order valence-electron chi connectivity index (χ4n) is 1.78. The average molecular weight is 271 g/mol. The Morgan fingerprint density at radius 1 is 1.26 bits per heavy atom. The Kier molecular flexibility index (Phi) is 3.48. The minimum atomic E-state index is -4.68. The fraction of sp³-hybridized carbons (Fsp3) is 0.250.